The summed E-state index contributed by atoms with van der Waals surface area (Å²) >= 11 is 0. The third kappa shape index (κ3) is 165. The first-order chi connectivity index (χ1) is 1.91. The van der Waals surface area contributed by atoms with Gasteiger partial charge >= 0.3 is 51.7 Å². The van der Waals surface area contributed by atoms with Gasteiger partial charge in [-0.15, -0.1) is 0 Å². The maximum absolute atomic E-state index is 8.64. The van der Waals surface area contributed by atoms with E-state index in [1.807, 2.05) is 0 Å². The van der Waals surface area contributed by atoms with Crippen LogP contribution in [0.3, 0.4) is 0 Å². The van der Waals surface area contributed by atoms with Crippen LogP contribution in [0.5, 0.6) is 0 Å². The molecule has 0 radical (unpaired) electrons. The maximum atomic E-state index is 8.64. The molecule has 0 aliphatic rings. The minimum atomic E-state index is -0.181. The summed E-state index contributed by atoms with van der Waals surface area (Å²) in [6.07, 6.45) is 0. The molecule has 0 saturated carbocycles. The molecule has 0 aromatic carbocycles. The van der Waals surface area contributed by atoms with Crippen LogP contribution in [0.2, 0.25) is 0 Å². The van der Waals surface area contributed by atoms with E-state index in [2.05, 4.69) is 4.81 Å². The van der Waals surface area contributed by atoms with Gasteiger partial charge in [-0.3, -0.25) is 0 Å². The van der Waals surface area contributed by atoms with Crippen LogP contribution in [0.4, 0.5) is 0 Å². The normalized spacial score (nSPS) is 1.89. The van der Waals surface area contributed by atoms with Crippen LogP contribution in [-0.4, -0.2) is 29.3 Å². The standard InChI is InChI=1S/BHO3.Na.4H2O/c2-1-4-3;;;;;/h3H;;4*1H2/q;+1;;;;/p-1. The van der Waals surface area contributed by atoms with Crippen molar-refractivity contribution >= 4 is 7.35 Å². The Morgan fingerprint density at radius 3 is 1.22 bits per heavy atom. The van der Waals surface area contributed by atoms with Crippen LogP contribution >= 0.6 is 0 Å². The predicted molar refractivity (Wildman–Crippen MR) is 22.0 cm³/mol. The second-order valence-corrected chi connectivity index (χ2v) is 0.192. The second kappa shape index (κ2) is 77.6. The molecule has 8 N–H and O–H groups in total. The topological polar surface area (TPSA) is 175 Å². The van der Waals surface area contributed by atoms with Crippen molar-refractivity contribution in [2.24, 2.45) is 0 Å². The molecule has 0 fully saturated rings. The Kier molecular flexibility index (Phi) is 487. The average Bonchev–Trinajstić information content (AvgIpc) is 1.37. The van der Waals surface area contributed by atoms with E-state index >= 15 is 0 Å². The van der Waals surface area contributed by atoms with Crippen LogP contribution in [-0.2, 0) is 9.51 Å². The van der Waals surface area contributed by atoms with Gasteiger partial charge < -0.3 is 21.9 Å². The Morgan fingerprint density at radius 1 is 1.11 bits per heavy atom. The number of hydrogen-bond acceptors (Lipinski definition) is 3. The summed E-state index contributed by atoms with van der Waals surface area (Å²) in [4.78, 5) is 2.61. The predicted octanol–water partition coefficient (Wildman–Crippen LogP) is -8.05. The summed E-state index contributed by atoms with van der Waals surface area (Å²) in [5.74, 6) is 0. The molecule has 0 heterocycles. The fraction of sp³-hybridized carbons (Fsp3) is 0. The quantitative estimate of drug-likeness (QED) is 0.207. The molecule has 0 aromatic rings. The van der Waals surface area contributed by atoms with Crippen molar-refractivity contribution in [3.63, 3.8) is 0 Å². The van der Waals surface area contributed by atoms with E-state index in [-0.39, 0.29) is 58.8 Å². The van der Waals surface area contributed by atoms with Gasteiger partial charge in [-0.1, -0.05) is 0 Å². The van der Waals surface area contributed by atoms with E-state index in [4.69, 9.17) is 9.96 Å². The molecule has 0 amide bonds. The van der Waals surface area contributed by atoms with Crippen molar-refractivity contribution in [2.75, 3.05) is 0 Å². The van der Waals surface area contributed by atoms with Crippen molar-refractivity contribution in [3.05, 3.63) is 0 Å². The van der Waals surface area contributed by atoms with Gasteiger partial charge in [0.15, 0.2) is 0 Å². The summed E-state index contributed by atoms with van der Waals surface area (Å²) in [6.45, 7) is 0. The number of hydrogen-bond donors (Lipinski definition) is 0. The summed E-state index contributed by atoms with van der Waals surface area (Å²) in [5.41, 5.74) is 0. The van der Waals surface area contributed by atoms with Crippen LogP contribution in [0.25, 0.3) is 0 Å². The van der Waals surface area contributed by atoms with Crippen molar-refractivity contribution in [3.8, 4) is 0 Å². The molecule has 0 atom stereocenters. The molecule has 0 rings (SSSR count). The minimum absolute atomic E-state index is 0. The van der Waals surface area contributed by atoms with Crippen LogP contribution in [0.1, 0.15) is 0 Å². The molecule has 7 nitrogen and oxygen atoms in total. The second-order valence-electron chi connectivity index (χ2n) is 0.192. The monoisotopic (exact) mass is 154 g/mol. The van der Waals surface area contributed by atoms with E-state index in [1.54, 1.807) is 0 Å². The molecule has 9 heteroatoms. The molecule has 0 aliphatic heterocycles. The third-order valence-electron chi connectivity index (χ3n) is 0.0393. The Morgan fingerprint density at radius 2 is 1.22 bits per heavy atom. The number of rotatable bonds is 1. The van der Waals surface area contributed by atoms with E-state index < -0.39 is 0 Å². The average molecular weight is 154 g/mol. The molecule has 0 aliphatic carbocycles. The van der Waals surface area contributed by atoms with Gasteiger partial charge in [0.1, 0.15) is 0 Å². The SMILES string of the molecule is O.O.O.O.O=BO[O-].[Na+]. The smallest absolute Gasteiger partial charge is 1.00 e. The molecular formula is H8BNaO7. The molecule has 0 unspecified atom stereocenters. The van der Waals surface area contributed by atoms with Crippen molar-refractivity contribution < 1.29 is 66.2 Å². The fourth-order valence-corrected chi connectivity index (χ4v) is 0. The zero-order chi connectivity index (χ0) is 3.41. The van der Waals surface area contributed by atoms with Crippen LogP contribution in [0, 0.1) is 0 Å². The minimum Gasteiger partial charge on any atom is 1.00 e. The van der Waals surface area contributed by atoms with Gasteiger partial charge in [-0.2, -0.15) is 0 Å². The first-order valence-electron chi connectivity index (χ1n) is 0.638. The largest absolute Gasteiger partial charge is 1.00 e. The first kappa shape index (κ1) is 56.5. The first-order valence-corrected chi connectivity index (χ1v) is 0.638. The Labute approximate surface area is 73.7 Å². The Balaban J connectivity index is -0.00000000450. The summed E-state index contributed by atoms with van der Waals surface area (Å²) in [6, 6.07) is 0. The van der Waals surface area contributed by atoms with Gasteiger partial charge in [0, 0.05) is 0 Å². The molecular weight excluding hydrogens is 146 g/mol. The van der Waals surface area contributed by atoms with Crippen molar-refractivity contribution in [2.45, 2.75) is 0 Å². The fourth-order valence-electron chi connectivity index (χ4n) is 0. The molecule has 0 bridgehead atoms. The molecule has 9 heavy (non-hydrogen) atoms. The summed E-state index contributed by atoms with van der Waals surface area (Å²) in [7, 11) is -0.181. The van der Waals surface area contributed by atoms with Crippen LogP contribution < -0.4 is 34.8 Å². The van der Waals surface area contributed by atoms with E-state index in [9.17, 15) is 0 Å². The molecule has 0 aromatic heterocycles. The van der Waals surface area contributed by atoms with Crippen LogP contribution in [0.15, 0.2) is 0 Å². The Bertz CT molecular complexity index is 22.9. The van der Waals surface area contributed by atoms with Gasteiger partial charge in [-0.05, 0) is 0 Å². The molecule has 0 spiro atoms. The maximum Gasteiger partial charge on any atom is 1.00 e. The van der Waals surface area contributed by atoms with Gasteiger partial charge in [0.25, 0.3) is 0 Å². The zero-order valence-corrected chi connectivity index (χ0v) is 6.80. The van der Waals surface area contributed by atoms with Gasteiger partial charge in [-0.25, -0.2) is 0 Å². The van der Waals surface area contributed by atoms with Crippen molar-refractivity contribution in [1.82, 2.24) is 0 Å². The molecule has 0 saturated heterocycles. The molecule has 54 valence electrons. The third-order valence-corrected chi connectivity index (χ3v) is 0.0393. The van der Waals surface area contributed by atoms with E-state index in [1.165, 1.54) is 0 Å². The van der Waals surface area contributed by atoms with E-state index in [0.29, 0.717) is 0 Å². The summed E-state index contributed by atoms with van der Waals surface area (Å²) < 4.78 is 8.64. The Hall–Kier alpha value is 0.465. The summed E-state index contributed by atoms with van der Waals surface area (Å²) in [5, 5.41) is 8.43. The van der Waals surface area contributed by atoms with Gasteiger partial charge in [0.2, 0.25) is 0 Å². The van der Waals surface area contributed by atoms with E-state index in [0.717, 1.165) is 0 Å². The van der Waals surface area contributed by atoms with Crippen molar-refractivity contribution in [1.29, 1.82) is 0 Å². The van der Waals surface area contributed by atoms with Gasteiger partial charge in [0.05, 0.1) is 0 Å². The zero-order valence-electron chi connectivity index (χ0n) is 4.80.